The molecule has 5 aromatic carbocycles. The molecular weight excluding hydrogens is 412 g/mol. The molecule has 6 rings (SSSR count). The van der Waals surface area contributed by atoms with Crippen LogP contribution in [0, 0.1) is 0 Å². The van der Waals surface area contributed by atoms with Gasteiger partial charge in [-0.1, -0.05) is 121 Å². The van der Waals surface area contributed by atoms with Crippen LogP contribution < -0.4 is 0 Å². The van der Waals surface area contributed by atoms with Crippen molar-refractivity contribution in [2.24, 2.45) is 0 Å². The van der Waals surface area contributed by atoms with E-state index in [1.165, 1.54) is 55.6 Å². The molecule has 0 amide bonds. The van der Waals surface area contributed by atoms with Gasteiger partial charge < -0.3 is 4.74 Å². The molecule has 5 aromatic rings. The fourth-order valence-electron chi connectivity index (χ4n) is 5.27. The highest BCUT2D eigenvalue weighted by molar-refractivity contribution is 6.04. The molecule has 0 radical (unpaired) electrons. The Kier molecular flexibility index (Phi) is 5.55. The van der Waals surface area contributed by atoms with Crippen LogP contribution in [0.25, 0.3) is 44.5 Å². The lowest BCUT2D eigenvalue weighted by molar-refractivity contribution is 0.111. The second-order valence-electron chi connectivity index (χ2n) is 8.72. The molecule has 0 atom stereocenters. The number of benzene rings is 5. The Balaban J connectivity index is 1.84. The van der Waals surface area contributed by atoms with E-state index in [1.807, 2.05) is 0 Å². The van der Waals surface area contributed by atoms with E-state index in [0.29, 0.717) is 6.61 Å². The molecule has 1 aliphatic rings. The molecule has 1 heterocycles. The highest BCUT2D eigenvalue weighted by Gasteiger charge is 2.28. The molecular formula is C33H26O. The van der Waals surface area contributed by atoms with E-state index in [9.17, 15) is 0 Å². The molecule has 0 aromatic heterocycles. The van der Waals surface area contributed by atoms with Crippen LogP contribution in [-0.2, 0) is 17.8 Å². The molecule has 1 nitrogen and oxygen atoms in total. The summed E-state index contributed by atoms with van der Waals surface area (Å²) in [6.45, 7) is 1.38. The van der Waals surface area contributed by atoms with Crippen molar-refractivity contribution in [2.75, 3.05) is 6.61 Å². The highest BCUT2D eigenvalue weighted by atomic mass is 16.5. The quantitative estimate of drug-likeness (QED) is 0.274. The van der Waals surface area contributed by atoms with Crippen LogP contribution in [0.2, 0.25) is 0 Å². The number of fused-ring (bicyclic) bond motifs is 1. The Morgan fingerprint density at radius 2 is 0.735 bits per heavy atom. The Morgan fingerprint density at radius 3 is 1.15 bits per heavy atom. The minimum Gasteiger partial charge on any atom is -0.376 e. The van der Waals surface area contributed by atoms with Crippen molar-refractivity contribution < 1.29 is 4.74 Å². The van der Waals surface area contributed by atoms with Gasteiger partial charge in [0.2, 0.25) is 0 Å². The second-order valence-corrected chi connectivity index (χ2v) is 8.72. The Labute approximate surface area is 201 Å². The average molecular weight is 439 g/mol. The molecule has 0 saturated heterocycles. The van der Waals surface area contributed by atoms with E-state index in [0.717, 1.165) is 13.0 Å². The van der Waals surface area contributed by atoms with Crippen LogP contribution in [0.3, 0.4) is 0 Å². The van der Waals surface area contributed by atoms with Gasteiger partial charge in [-0.05, 0) is 62.1 Å². The normalized spacial score (nSPS) is 12.8. The summed E-state index contributed by atoms with van der Waals surface area (Å²) in [6, 6.07) is 43.4. The van der Waals surface area contributed by atoms with Gasteiger partial charge >= 0.3 is 0 Å². The minimum absolute atomic E-state index is 0.633. The molecule has 1 heteroatoms. The predicted octanol–water partition coefficient (Wildman–Crippen LogP) is 8.43. The molecule has 0 fully saturated rings. The molecule has 0 N–H and O–H groups in total. The van der Waals surface area contributed by atoms with Crippen LogP contribution in [0.4, 0.5) is 0 Å². The lowest BCUT2D eigenvalue weighted by Crippen LogP contribution is -2.15. The zero-order chi connectivity index (χ0) is 22.7. The van der Waals surface area contributed by atoms with E-state index < -0.39 is 0 Å². The van der Waals surface area contributed by atoms with Crippen molar-refractivity contribution in [1.82, 2.24) is 0 Å². The molecule has 0 unspecified atom stereocenters. The molecule has 1 aliphatic heterocycles. The average Bonchev–Trinajstić information content (AvgIpc) is 2.93. The van der Waals surface area contributed by atoms with Gasteiger partial charge in [-0.2, -0.15) is 0 Å². The minimum atomic E-state index is 0.633. The maximum atomic E-state index is 6.09. The number of rotatable bonds is 4. The van der Waals surface area contributed by atoms with Gasteiger partial charge in [-0.3, -0.25) is 0 Å². The summed E-state index contributed by atoms with van der Waals surface area (Å²) in [5.41, 5.74) is 12.9. The molecule has 34 heavy (non-hydrogen) atoms. The number of ether oxygens (including phenoxy) is 1. The Hall–Kier alpha value is -3.94. The Morgan fingerprint density at radius 1 is 0.382 bits per heavy atom. The first-order chi connectivity index (χ1) is 16.9. The zero-order valence-corrected chi connectivity index (χ0v) is 19.1. The van der Waals surface area contributed by atoms with E-state index >= 15 is 0 Å². The third kappa shape index (κ3) is 3.65. The standard InChI is InChI=1S/C33H26O/c1-5-13-24(14-6-1)30-28-21-22-34-23-29(28)31(25-15-7-2-8-16-25)33(27-19-11-4-12-20-27)32(30)26-17-9-3-10-18-26/h1-20H,21-23H2. The SMILES string of the molecule is c1ccc(-c2c3c(c(-c4ccccc4)c(-c4ccccc4)c2-c2ccccc2)COCC3)cc1. The van der Waals surface area contributed by atoms with Gasteiger partial charge in [0.1, 0.15) is 0 Å². The molecule has 0 bridgehead atoms. The third-order valence-corrected chi connectivity index (χ3v) is 6.71. The summed E-state index contributed by atoms with van der Waals surface area (Å²) in [7, 11) is 0. The largest absolute Gasteiger partial charge is 0.376 e. The predicted molar refractivity (Wildman–Crippen MR) is 142 cm³/mol. The number of hydrogen-bond donors (Lipinski definition) is 0. The van der Waals surface area contributed by atoms with Crippen molar-refractivity contribution in [3.63, 3.8) is 0 Å². The Bertz CT molecular complexity index is 1290. The molecule has 0 spiro atoms. The van der Waals surface area contributed by atoms with Crippen LogP contribution in [-0.4, -0.2) is 6.61 Å². The van der Waals surface area contributed by atoms with Crippen molar-refractivity contribution >= 4 is 0 Å². The maximum Gasteiger partial charge on any atom is 0.0726 e. The molecule has 0 aliphatic carbocycles. The summed E-state index contributed by atoms with van der Waals surface area (Å²) < 4.78 is 6.09. The summed E-state index contributed by atoms with van der Waals surface area (Å²) in [5, 5.41) is 0. The van der Waals surface area contributed by atoms with Crippen LogP contribution in [0.1, 0.15) is 11.1 Å². The van der Waals surface area contributed by atoms with Gasteiger partial charge in [-0.25, -0.2) is 0 Å². The van der Waals surface area contributed by atoms with Crippen LogP contribution >= 0.6 is 0 Å². The fraction of sp³-hybridized carbons (Fsp3) is 0.0909. The molecule has 0 saturated carbocycles. The first kappa shape index (κ1) is 20.7. The smallest absolute Gasteiger partial charge is 0.0726 e. The van der Waals surface area contributed by atoms with Crippen molar-refractivity contribution in [3.05, 3.63) is 132 Å². The summed E-state index contributed by atoms with van der Waals surface area (Å²) in [4.78, 5) is 0. The summed E-state index contributed by atoms with van der Waals surface area (Å²) >= 11 is 0. The van der Waals surface area contributed by atoms with Gasteiger partial charge in [0.25, 0.3) is 0 Å². The van der Waals surface area contributed by atoms with E-state index in [-0.39, 0.29) is 0 Å². The summed E-state index contributed by atoms with van der Waals surface area (Å²) in [6.07, 6.45) is 0.911. The first-order valence-corrected chi connectivity index (χ1v) is 11.9. The van der Waals surface area contributed by atoms with Crippen LogP contribution in [0.5, 0.6) is 0 Å². The van der Waals surface area contributed by atoms with Gasteiger partial charge in [0.05, 0.1) is 13.2 Å². The lowest BCUT2D eigenvalue weighted by Gasteiger charge is -2.30. The summed E-state index contributed by atoms with van der Waals surface area (Å²) in [5.74, 6) is 0. The van der Waals surface area contributed by atoms with Crippen LogP contribution in [0.15, 0.2) is 121 Å². The topological polar surface area (TPSA) is 9.23 Å². The first-order valence-electron chi connectivity index (χ1n) is 11.9. The van der Waals surface area contributed by atoms with Gasteiger partial charge in [-0.15, -0.1) is 0 Å². The van der Waals surface area contributed by atoms with E-state index in [4.69, 9.17) is 4.74 Å². The fourth-order valence-corrected chi connectivity index (χ4v) is 5.27. The highest BCUT2D eigenvalue weighted by Crippen LogP contribution is 2.50. The van der Waals surface area contributed by atoms with Crippen molar-refractivity contribution in [2.45, 2.75) is 13.0 Å². The second kappa shape index (κ2) is 9.13. The number of hydrogen-bond acceptors (Lipinski definition) is 1. The zero-order valence-electron chi connectivity index (χ0n) is 19.1. The van der Waals surface area contributed by atoms with Crippen molar-refractivity contribution in [1.29, 1.82) is 0 Å². The lowest BCUT2D eigenvalue weighted by atomic mass is 9.76. The molecule has 164 valence electrons. The van der Waals surface area contributed by atoms with Gasteiger partial charge in [0, 0.05) is 0 Å². The maximum absolute atomic E-state index is 6.09. The monoisotopic (exact) mass is 438 g/mol. The third-order valence-electron chi connectivity index (χ3n) is 6.71. The van der Waals surface area contributed by atoms with Crippen molar-refractivity contribution in [3.8, 4) is 44.5 Å². The van der Waals surface area contributed by atoms with Gasteiger partial charge in [0.15, 0.2) is 0 Å². The van der Waals surface area contributed by atoms with E-state index in [2.05, 4.69) is 121 Å². The van der Waals surface area contributed by atoms with E-state index in [1.54, 1.807) is 0 Å².